The highest BCUT2D eigenvalue weighted by atomic mass is 15.3. The Morgan fingerprint density at radius 3 is 2.46 bits per heavy atom. The van der Waals surface area contributed by atoms with E-state index in [2.05, 4.69) is 10.2 Å². The van der Waals surface area contributed by atoms with Gasteiger partial charge in [0.15, 0.2) is 5.82 Å². The van der Waals surface area contributed by atoms with E-state index in [1.807, 2.05) is 48.5 Å². The van der Waals surface area contributed by atoms with Crippen molar-refractivity contribution in [1.29, 1.82) is 0 Å². The SMILES string of the molecule is Cc1nnc(-c2cccn2C)n1C. The summed E-state index contributed by atoms with van der Waals surface area (Å²) in [5.74, 6) is 1.83. The standard InChI is InChI=1S/C9H12N4/c1-7-10-11-9(13(7)3)8-5-4-6-12(8)2/h4-6H,1-3H3. The summed E-state index contributed by atoms with van der Waals surface area (Å²) in [7, 11) is 3.97. The molecule has 0 aliphatic rings. The molecule has 2 rings (SSSR count). The maximum Gasteiger partial charge on any atom is 0.180 e. The highest BCUT2D eigenvalue weighted by molar-refractivity contribution is 5.50. The summed E-state index contributed by atoms with van der Waals surface area (Å²) in [5.41, 5.74) is 1.09. The van der Waals surface area contributed by atoms with Gasteiger partial charge in [-0.15, -0.1) is 10.2 Å². The summed E-state index contributed by atoms with van der Waals surface area (Å²) >= 11 is 0. The first-order chi connectivity index (χ1) is 6.20. The van der Waals surface area contributed by atoms with Crippen molar-refractivity contribution in [2.45, 2.75) is 6.92 Å². The number of aryl methyl sites for hydroxylation is 2. The molecule has 0 spiro atoms. The van der Waals surface area contributed by atoms with E-state index in [-0.39, 0.29) is 0 Å². The third kappa shape index (κ3) is 1.14. The van der Waals surface area contributed by atoms with Crippen LogP contribution < -0.4 is 0 Å². The molecule has 4 nitrogen and oxygen atoms in total. The van der Waals surface area contributed by atoms with Crippen molar-refractivity contribution in [2.24, 2.45) is 14.1 Å². The minimum atomic E-state index is 0.907. The molecule has 68 valence electrons. The number of nitrogens with zero attached hydrogens (tertiary/aromatic N) is 4. The minimum absolute atomic E-state index is 0.907. The van der Waals surface area contributed by atoms with Crippen LogP contribution in [0.2, 0.25) is 0 Å². The van der Waals surface area contributed by atoms with Crippen LogP contribution in [-0.4, -0.2) is 19.3 Å². The van der Waals surface area contributed by atoms with Crippen LogP contribution >= 0.6 is 0 Å². The molecular formula is C9H12N4. The Bertz CT molecular complexity index is 425. The van der Waals surface area contributed by atoms with Gasteiger partial charge in [-0.05, 0) is 19.1 Å². The molecule has 0 atom stereocenters. The Morgan fingerprint density at radius 2 is 2.00 bits per heavy atom. The number of hydrogen-bond acceptors (Lipinski definition) is 2. The number of rotatable bonds is 1. The van der Waals surface area contributed by atoms with Crippen LogP contribution in [0, 0.1) is 6.92 Å². The van der Waals surface area contributed by atoms with Crippen molar-refractivity contribution in [3.05, 3.63) is 24.2 Å². The third-order valence-electron chi connectivity index (χ3n) is 2.27. The molecule has 4 heteroatoms. The maximum atomic E-state index is 4.11. The maximum absolute atomic E-state index is 4.11. The number of hydrogen-bond donors (Lipinski definition) is 0. The quantitative estimate of drug-likeness (QED) is 0.653. The van der Waals surface area contributed by atoms with Gasteiger partial charge in [-0.2, -0.15) is 0 Å². The van der Waals surface area contributed by atoms with Crippen molar-refractivity contribution in [3.63, 3.8) is 0 Å². The highest BCUT2D eigenvalue weighted by Crippen LogP contribution is 2.16. The smallest absolute Gasteiger partial charge is 0.180 e. The van der Waals surface area contributed by atoms with Gasteiger partial charge in [-0.1, -0.05) is 0 Å². The van der Waals surface area contributed by atoms with Crippen molar-refractivity contribution in [3.8, 4) is 11.5 Å². The molecular weight excluding hydrogens is 164 g/mol. The molecule has 2 aromatic heterocycles. The van der Waals surface area contributed by atoms with Gasteiger partial charge in [0.25, 0.3) is 0 Å². The van der Waals surface area contributed by atoms with E-state index < -0.39 is 0 Å². The third-order valence-corrected chi connectivity index (χ3v) is 2.27. The van der Waals surface area contributed by atoms with E-state index in [4.69, 9.17) is 0 Å². The van der Waals surface area contributed by atoms with Crippen molar-refractivity contribution in [1.82, 2.24) is 19.3 Å². The Balaban J connectivity index is 2.59. The van der Waals surface area contributed by atoms with Gasteiger partial charge in [0.2, 0.25) is 0 Å². The van der Waals surface area contributed by atoms with Crippen LogP contribution in [-0.2, 0) is 14.1 Å². The zero-order valence-electron chi connectivity index (χ0n) is 8.02. The second-order valence-corrected chi connectivity index (χ2v) is 3.13. The summed E-state index contributed by atoms with van der Waals surface area (Å²) < 4.78 is 4.01. The average molecular weight is 176 g/mol. The van der Waals surface area contributed by atoms with Gasteiger partial charge in [-0.25, -0.2) is 0 Å². The lowest BCUT2D eigenvalue weighted by Crippen LogP contribution is -1.98. The second kappa shape index (κ2) is 2.73. The largest absolute Gasteiger partial charge is 0.348 e. The molecule has 0 fully saturated rings. The predicted molar refractivity (Wildman–Crippen MR) is 50.1 cm³/mol. The van der Waals surface area contributed by atoms with E-state index in [0.29, 0.717) is 0 Å². The number of aromatic nitrogens is 4. The molecule has 0 bridgehead atoms. The van der Waals surface area contributed by atoms with Crippen molar-refractivity contribution >= 4 is 0 Å². The summed E-state index contributed by atoms with van der Waals surface area (Å²) in [4.78, 5) is 0. The molecule has 0 unspecified atom stereocenters. The van der Waals surface area contributed by atoms with Crippen LogP contribution in [0.3, 0.4) is 0 Å². The molecule has 2 heterocycles. The fourth-order valence-corrected chi connectivity index (χ4v) is 1.32. The molecule has 13 heavy (non-hydrogen) atoms. The molecule has 0 saturated heterocycles. The Hall–Kier alpha value is -1.58. The Kier molecular flexibility index (Phi) is 1.69. The molecule has 0 aliphatic carbocycles. The molecule has 0 aliphatic heterocycles. The van der Waals surface area contributed by atoms with E-state index >= 15 is 0 Å². The fraction of sp³-hybridized carbons (Fsp3) is 0.333. The van der Waals surface area contributed by atoms with E-state index in [9.17, 15) is 0 Å². The summed E-state index contributed by atoms with van der Waals surface area (Å²) in [6.45, 7) is 1.94. The highest BCUT2D eigenvalue weighted by Gasteiger charge is 2.09. The zero-order valence-corrected chi connectivity index (χ0v) is 8.02. The summed E-state index contributed by atoms with van der Waals surface area (Å²) in [5, 5.41) is 8.12. The molecule has 0 aromatic carbocycles. The summed E-state index contributed by atoms with van der Waals surface area (Å²) in [6.07, 6.45) is 2.00. The first-order valence-corrected chi connectivity index (χ1v) is 4.18. The van der Waals surface area contributed by atoms with Crippen LogP contribution in [0.1, 0.15) is 5.82 Å². The normalized spacial score (nSPS) is 10.7. The van der Waals surface area contributed by atoms with Gasteiger partial charge < -0.3 is 9.13 Å². The lowest BCUT2D eigenvalue weighted by Gasteiger charge is -2.02. The first-order valence-electron chi connectivity index (χ1n) is 4.18. The summed E-state index contributed by atoms with van der Waals surface area (Å²) in [6, 6.07) is 4.03. The van der Waals surface area contributed by atoms with Gasteiger partial charge in [0.1, 0.15) is 5.82 Å². The van der Waals surface area contributed by atoms with Gasteiger partial charge in [0, 0.05) is 20.3 Å². The monoisotopic (exact) mass is 176 g/mol. The molecule has 0 N–H and O–H groups in total. The minimum Gasteiger partial charge on any atom is -0.348 e. The molecule has 2 aromatic rings. The van der Waals surface area contributed by atoms with Crippen molar-refractivity contribution in [2.75, 3.05) is 0 Å². The van der Waals surface area contributed by atoms with E-state index in [1.54, 1.807) is 0 Å². The lowest BCUT2D eigenvalue weighted by molar-refractivity contribution is 0.844. The Labute approximate surface area is 76.8 Å². The topological polar surface area (TPSA) is 35.6 Å². The van der Waals surface area contributed by atoms with Crippen LogP contribution in [0.25, 0.3) is 11.5 Å². The van der Waals surface area contributed by atoms with Crippen LogP contribution in [0.15, 0.2) is 18.3 Å². The zero-order chi connectivity index (χ0) is 9.42. The van der Waals surface area contributed by atoms with Gasteiger partial charge >= 0.3 is 0 Å². The second-order valence-electron chi connectivity index (χ2n) is 3.13. The van der Waals surface area contributed by atoms with Crippen LogP contribution in [0.5, 0.6) is 0 Å². The molecule has 0 amide bonds. The lowest BCUT2D eigenvalue weighted by atomic mass is 10.4. The van der Waals surface area contributed by atoms with E-state index in [0.717, 1.165) is 17.3 Å². The van der Waals surface area contributed by atoms with Crippen LogP contribution in [0.4, 0.5) is 0 Å². The Morgan fingerprint density at radius 1 is 1.23 bits per heavy atom. The average Bonchev–Trinajstić information content (AvgIpc) is 2.62. The van der Waals surface area contributed by atoms with Gasteiger partial charge in [0.05, 0.1) is 5.69 Å². The fourth-order valence-electron chi connectivity index (χ4n) is 1.32. The van der Waals surface area contributed by atoms with E-state index in [1.165, 1.54) is 0 Å². The molecule has 0 radical (unpaired) electrons. The first kappa shape index (κ1) is 8.04. The van der Waals surface area contributed by atoms with Gasteiger partial charge in [-0.3, -0.25) is 0 Å². The van der Waals surface area contributed by atoms with Crippen molar-refractivity contribution < 1.29 is 0 Å². The predicted octanol–water partition coefficient (Wildman–Crippen LogP) is 1.13. The molecule has 0 saturated carbocycles.